The van der Waals surface area contributed by atoms with Crippen LogP contribution in [0.3, 0.4) is 0 Å². The number of nitrogens with one attached hydrogen (secondary N) is 2. The summed E-state index contributed by atoms with van der Waals surface area (Å²) in [6.07, 6.45) is 0.918. The number of anilines is 2. The molecule has 0 aliphatic rings. The summed E-state index contributed by atoms with van der Waals surface area (Å²) in [5.74, 6) is -0.0834. The first-order valence-electron chi connectivity index (χ1n) is 7.31. The number of nitrogens with zero attached hydrogens (tertiary/aromatic N) is 1. The molecule has 1 aromatic heterocycles. The molecule has 0 bridgehead atoms. The zero-order valence-corrected chi connectivity index (χ0v) is 14.6. The Labute approximate surface area is 131 Å². The van der Waals surface area contributed by atoms with Gasteiger partial charge >= 0.3 is 0 Å². The van der Waals surface area contributed by atoms with E-state index in [0.29, 0.717) is 17.1 Å². The first kappa shape index (κ1) is 17.8. The van der Waals surface area contributed by atoms with Crippen LogP contribution >= 0.6 is 11.3 Å². The molecule has 0 unspecified atom stereocenters. The van der Waals surface area contributed by atoms with E-state index in [-0.39, 0.29) is 11.3 Å². The second-order valence-corrected chi connectivity index (χ2v) is 7.46. The van der Waals surface area contributed by atoms with Crippen LogP contribution in [-0.2, 0) is 0 Å². The van der Waals surface area contributed by atoms with Crippen molar-refractivity contribution in [3.63, 3.8) is 0 Å². The molecule has 21 heavy (non-hydrogen) atoms. The van der Waals surface area contributed by atoms with E-state index in [0.717, 1.165) is 24.5 Å². The van der Waals surface area contributed by atoms with Crippen molar-refractivity contribution < 1.29 is 4.79 Å². The van der Waals surface area contributed by atoms with Crippen molar-refractivity contribution >= 4 is 27.9 Å². The third-order valence-electron chi connectivity index (χ3n) is 2.99. The fraction of sp³-hybridized carbons (Fsp3) is 0.667. The van der Waals surface area contributed by atoms with Crippen LogP contribution in [0.25, 0.3) is 0 Å². The molecule has 4 N–H and O–H groups in total. The van der Waals surface area contributed by atoms with Gasteiger partial charge in [0.25, 0.3) is 5.91 Å². The highest BCUT2D eigenvalue weighted by Gasteiger charge is 2.20. The fourth-order valence-electron chi connectivity index (χ4n) is 2.23. The van der Waals surface area contributed by atoms with Crippen molar-refractivity contribution in [2.75, 3.05) is 44.8 Å². The molecule has 0 saturated heterocycles. The molecule has 120 valence electrons. The number of thiophene rings is 1. The average molecular weight is 312 g/mol. The maximum Gasteiger partial charge on any atom is 0.263 e. The van der Waals surface area contributed by atoms with Gasteiger partial charge < -0.3 is 21.3 Å². The Kier molecular flexibility index (Phi) is 6.48. The largest absolute Gasteiger partial charge is 0.397 e. The van der Waals surface area contributed by atoms with Crippen LogP contribution in [0, 0.1) is 5.41 Å². The summed E-state index contributed by atoms with van der Waals surface area (Å²) in [5.41, 5.74) is 6.62. The van der Waals surface area contributed by atoms with Crippen LogP contribution in [0.2, 0.25) is 0 Å². The number of carbonyl (C=O) groups is 1. The van der Waals surface area contributed by atoms with Crippen LogP contribution in [0.15, 0.2) is 6.07 Å². The first-order chi connectivity index (χ1) is 9.75. The highest BCUT2D eigenvalue weighted by Crippen LogP contribution is 2.30. The summed E-state index contributed by atoms with van der Waals surface area (Å²) < 4.78 is 0. The number of rotatable bonds is 8. The van der Waals surface area contributed by atoms with Crippen molar-refractivity contribution in [3.8, 4) is 0 Å². The SMILES string of the molecule is CCCNC(=O)c1sc(NCC(C)(C)CN(C)C)cc1N. The summed E-state index contributed by atoms with van der Waals surface area (Å²) in [7, 11) is 4.14. The van der Waals surface area contributed by atoms with Crippen LogP contribution < -0.4 is 16.4 Å². The van der Waals surface area contributed by atoms with Gasteiger partial charge in [0.1, 0.15) is 4.88 Å². The summed E-state index contributed by atoms with van der Waals surface area (Å²) >= 11 is 1.42. The number of amides is 1. The molecule has 0 aliphatic heterocycles. The number of nitrogen functional groups attached to an aromatic ring is 1. The average Bonchev–Trinajstić information content (AvgIpc) is 2.73. The van der Waals surface area contributed by atoms with Gasteiger partial charge in [-0.3, -0.25) is 4.79 Å². The van der Waals surface area contributed by atoms with Crippen LogP contribution in [0.4, 0.5) is 10.7 Å². The quantitative estimate of drug-likeness (QED) is 0.689. The Morgan fingerprint density at radius 1 is 1.43 bits per heavy atom. The standard InChI is InChI=1S/C15H28N4OS/c1-6-7-17-14(20)13-11(16)8-12(21-13)18-9-15(2,3)10-19(4)5/h8,18H,6-7,9-10,16H2,1-5H3,(H,17,20). The van der Waals surface area contributed by atoms with Gasteiger partial charge in [-0.1, -0.05) is 20.8 Å². The highest BCUT2D eigenvalue weighted by atomic mass is 32.1. The third kappa shape index (κ3) is 5.93. The zero-order valence-electron chi connectivity index (χ0n) is 13.7. The van der Waals surface area contributed by atoms with Crippen LogP contribution in [0.5, 0.6) is 0 Å². The third-order valence-corrected chi connectivity index (χ3v) is 4.10. The molecular formula is C15H28N4OS. The Hall–Kier alpha value is -1.27. The van der Waals surface area contributed by atoms with E-state index >= 15 is 0 Å². The van der Waals surface area contributed by atoms with Crippen molar-refractivity contribution in [2.24, 2.45) is 5.41 Å². The molecule has 0 spiro atoms. The van der Waals surface area contributed by atoms with E-state index in [1.54, 1.807) is 0 Å². The lowest BCUT2D eigenvalue weighted by molar-refractivity contribution is 0.0958. The van der Waals surface area contributed by atoms with Gasteiger partial charge in [0.05, 0.1) is 10.7 Å². The van der Waals surface area contributed by atoms with Gasteiger partial charge in [-0.15, -0.1) is 11.3 Å². The summed E-state index contributed by atoms with van der Waals surface area (Å²) in [6.45, 7) is 8.95. The predicted molar refractivity (Wildman–Crippen MR) is 92.2 cm³/mol. The van der Waals surface area contributed by atoms with E-state index in [2.05, 4.69) is 43.5 Å². The number of carbonyl (C=O) groups excluding carboxylic acids is 1. The van der Waals surface area contributed by atoms with Gasteiger partial charge in [0.2, 0.25) is 0 Å². The van der Waals surface area contributed by atoms with E-state index in [1.807, 2.05) is 13.0 Å². The number of hydrogen-bond donors (Lipinski definition) is 3. The van der Waals surface area contributed by atoms with E-state index in [1.165, 1.54) is 11.3 Å². The topological polar surface area (TPSA) is 70.4 Å². The maximum atomic E-state index is 12.0. The molecule has 1 rings (SSSR count). The monoisotopic (exact) mass is 312 g/mol. The lowest BCUT2D eigenvalue weighted by atomic mass is 9.93. The van der Waals surface area contributed by atoms with Gasteiger partial charge in [-0.25, -0.2) is 0 Å². The summed E-state index contributed by atoms with van der Waals surface area (Å²) in [4.78, 5) is 14.7. The minimum absolute atomic E-state index is 0.0834. The minimum atomic E-state index is -0.0834. The van der Waals surface area contributed by atoms with Crippen LogP contribution in [0.1, 0.15) is 36.9 Å². The van der Waals surface area contributed by atoms with E-state index < -0.39 is 0 Å². The molecule has 0 atom stereocenters. The molecule has 0 radical (unpaired) electrons. The summed E-state index contributed by atoms with van der Waals surface area (Å²) in [5, 5.41) is 7.20. The van der Waals surface area contributed by atoms with Gasteiger partial charge in [0.15, 0.2) is 0 Å². The van der Waals surface area contributed by atoms with Crippen molar-refractivity contribution in [1.82, 2.24) is 10.2 Å². The van der Waals surface area contributed by atoms with Gasteiger partial charge in [0, 0.05) is 19.6 Å². The summed E-state index contributed by atoms with van der Waals surface area (Å²) in [6, 6.07) is 1.84. The Bertz CT molecular complexity index is 468. The van der Waals surface area contributed by atoms with Crippen molar-refractivity contribution in [3.05, 3.63) is 10.9 Å². The van der Waals surface area contributed by atoms with E-state index in [4.69, 9.17) is 5.73 Å². The lowest BCUT2D eigenvalue weighted by Crippen LogP contribution is -2.34. The molecule has 0 fully saturated rings. The molecule has 5 nitrogen and oxygen atoms in total. The predicted octanol–water partition coefficient (Wildman–Crippen LogP) is 2.47. The van der Waals surface area contributed by atoms with Crippen molar-refractivity contribution in [1.29, 1.82) is 0 Å². The highest BCUT2D eigenvalue weighted by molar-refractivity contribution is 7.18. The van der Waals surface area contributed by atoms with Crippen LogP contribution in [-0.4, -0.2) is 44.5 Å². The molecule has 0 aromatic carbocycles. The van der Waals surface area contributed by atoms with Gasteiger partial charge in [-0.05, 0) is 32.0 Å². The second-order valence-electron chi connectivity index (χ2n) is 6.41. The molecule has 1 heterocycles. The van der Waals surface area contributed by atoms with Gasteiger partial charge in [-0.2, -0.15) is 0 Å². The van der Waals surface area contributed by atoms with E-state index in [9.17, 15) is 4.79 Å². The molecule has 1 amide bonds. The first-order valence-corrected chi connectivity index (χ1v) is 8.13. The molecular weight excluding hydrogens is 284 g/mol. The molecule has 0 aliphatic carbocycles. The normalized spacial score (nSPS) is 11.7. The van der Waals surface area contributed by atoms with Crippen molar-refractivity contribution in [2.45, 2.75) is 27.2 Å². The number of hydrogen-bond acceptors (Lipinski definition) is 5. The molecule has 0 saturated carbocycles. The Balaban J connectivity index is 2.63. The minimum Gasteiger partial charge on any atom is -0.397 e. The fourth-order valence-corrected chi connectivity index (χ4v) is 3.12. The Morgan fingerprint density at radius 3 is 2.67 bits per heavy atom. The molecule has 1 aromatic rings. The Morgan fingerprint density at radius 2 is 2.10 bits per heavy atom. The number of nitrogens with two attached hydrogens (primary N) is 1. The second kappa shape index (κ2) is 7.66. The lowest BCUT2D eigenvalue weighted by Gasteiger charge is -2.28. The smallest absolute Gasteiger partial charge is 0.263 e. The molecule has 6 heteroatoms. The maximum absolute atomic E-state index is 12.0. The zero-order chi connectivity index (χ0) is 16.0.